The van der Waals surface area contributed by atoms with Gasteiger partial charge in [-0.1, -0.05) is 369 Å². The molecule has 1 aliphatic heterocycles. The van der Waals surface area contributed by atoms with Crippen molar-refractivity contribution in [3.63, 3.8) is 0 Å². The first-order valence-corrected chi connectivity index (χ1v) is 38.7. The fourth-order valence-corrected chi connectivity index (χ4v) is 12.3. The molecule has 0 saturated carbocycles. The number of nitrogens with one attached hydrogen (secondary N) is 1. The fourth-order valence-electron chi connectivity index (χ4n) is 12.3. The minimum Gasteiger partial charge on any atom is -0.394 e. The highest BCUT2D eigenvalue weighted by molar-refractivity contribution is 5.76. The minimum absolute atomic E-state index is 0.180. The summed E-state index contributed by atoms with van der Waals surface area (Å²) in [6.45, 7) is 3.70. The number of aliphatic hydroxyl groups excluding tert-OH is 5. The van der Waals surface area contributed by atoms with Crippen LogP contribution in [0, 0.1) is 0 Å². The summed E-state index contributed by atoms with van der Waals surface area (Å²) >= 11 is 0. The van der Waals surface area contributed by atoms with Gasteiger partial charge in [-0.2, -0.15) is 0 Å². The van der Waals surface area contributed by atoms with Gasteiger partial charge in [0, 0.05) is 6.42 Å². The van der Waals surface area contributed by atoms with E-state index < -0.39 is 49.5 Å². The average Bonchev–Trinajstić information content (AvgIpc) is 2.28. The number of carbonyl (C=O) groups excluding carboxylic acids is 1. The van der Waals surface area contributed by atoms with E-state index in [2.05, 4.69) is 79.9 Å². The number of rotatable bonds is 68. The van der Waals surface area contributed by atoms with E-state index in [1.807, 2.05) is 6.08 Å². The summed E-state index contributed by atoms with van der Waals surface area (Å²) < 4.78 is 11.3. The maximum absolute atomic E-state index is 13.2. The van der Waals surface area contributed by atoms with Gasteiger partial charge in [0.1, 0.15) is 24.4 Å². The van der Waals surface area contributed by atoms with Crippen molar-refractivity contribution < 1.29 is 39.8 Å². The Labute approximate surface area is 550 Å². The molecular weight excluding hydrogens is 1100 g/mol. The molecule has 0 aromatic heterocycles. The fraction of sp³-hybridized carbons (Fsp3) is 0.838. The summed E-state index contributed by atoms with van der Waals surface area (Å²) in [5, 5.41) is 54.8. The number of allylic oxidation sites excluding steroid dienone is 11. The average molecular weight is 1250 g/mol. The maximum Gasteiger partial charge on any atom is 0.220 e. The van der Waals surface area contributed by atoms with Gasteiger partial charge in [0.05, 0.1) is 25.4 Å². The van der Waals surface area contributed by atoms with Crippen molar-refractivity contribution in [2.75, 3.05) is 13.2 Å². The van der Waals surface area contributed by atoms with Crippen molar-refractivity contribution in [1.29, 1.82) is 0 Å². The first-order chi connectivity index (χ1) is 43.8. The predicted octanol–water partition coefficient (Wildman–Crippen LogP) is 21.9. The smallest absolute Gasteiger partial charge is 0.220 e. The molecule has 1 saturated heterocycles. The zero-order chi connectivity index (χ0) is 64.2. The van der Waals surface area contributed by atoms with E-state index in [0.29, 0.717) is 6.42 Å². The first kappa shape index (κ1) is 84.6. The highest BCUT2D eigenvalue weighted by Crippen LogP contribution is 2.24. The van der Waals surface area contributed by atoms with Gasteiger partial charge in [-0.25, -0.2) is 0 Å². The van der Waals surface area contributed by atoms with Gasteiger partial charge >= 0.3 is 0 Å². The SMILES string of the molecule is CC/C=C\C/C=C\C/C=C\C/C=C\CCCCCCCCCCCCCCCCCCCCCCCCCCC(=O)NC(COC1OC(CO)C(O)C(O)C1O)C(O)/C=C/CC/C=C/CCCCCCCCCCCCCCCCCCCCCCCCC. The van der Waals surface area contributed by atoms with Gasteiger partial charge in [-0.05, 0) is 70.6 Å². The number of carbonyl (C=O) groups is 1. The van der Waals surface area contributed by atoms with E-state index >= 15 is 0 Å². The largest absolute Gasteiger partial charge is 0.394 e. The Hall–Kier alpha value is -2.37. The number of ether oxygens (including phenoxy) is 2. The van der Waals surface area contributed by atoms with E-state index in [-0.39, 0.29) is 12.5 Å². The number of hydrogen-bond acceptors (Lipinski definition) is 8. The maximum atomic E-state index is 13.2. The highest BCUT2D eigenvalue weighted by Gasteiger charge is 2.44. The van der Waals surface area contributed by atoms with Crippen LogP contribution in [0.3, 0.4) is 0 Å². The molecule has 9 nitrogen and oxygen atoms in total. The molecule has 1 fully saturated rings. The van der Waals surface area contributed by atoms with Crippen LogP contribution >= 0.6 is 0 Å². The van der Waals surface area contributed by atoms with Crippen molar-refractivity contribution in [2.24, 2.45) is 0 Å². The third-order valence-electron chi connectivity index (χ3n) is 18.3. The van der Waals surface area contributed by atoms with Gasteiger partial charge in [-0.3, -0.25) is 4.79 Å². The van der Waals surface area contributed by atoms with E-state index in [9.17, 15) is 30.3 Å². The molecule has 0 aromatic rings. The Morgan fingerprint density at radius 1 is 0.393 bits per heavy atom. The molecule has 9 heteroatoms. The molecule has 0 bridgehead atoms. The van der Waals surface area contributed by atoms with Crippen LogP contribution in [0.2, 0.25) is 0 Å². The molecule has 520 valence electrons. The third-order valence-corrected chi connectivity index (χ3v) is 18.3. The van der Waals surface area contributed by atoms with Crippen LogP contribution in [0.25, 0.3) is 0 Å². The Balaban J connectivity index is 2.08. The molecule has 6 N–H and O–H groups in total. The molecule has 7 atom stereocenters. The van der Waals surface area contributed by atoms with Crippen LogP contribution in [-0.4, -0.2) is 87.5 Å². The second-order valence-electron chi connectivity index (χ2n) is 26.8. The second-order valence-corrected chi connectivity index (χ2v) is 26.8. The Kier molecular flexibility index (Phi) is 65.1. The number of aliphatic hydroxyl groups is 5. The van der Waals surface area contributed by atoms with E-state index in [0.717, 1.165) is 64.2 Å². The zero-order valence-electron chi connectivity index (χ0n) is 58.4. The Bertz CT molecular complexity index is 1640. The van der Waals surface area contributed by atoms with Crippen molar-refractivity contribution in [1.82, 2.24) is 5.32 Å². The van der Waals surface area contributed by atoms with Gasteiger partial charge < -0.3 is 40.3 Å². The van der Waals surface area contributed by atoms with Crippen LogP contribution in [0.5, 0.6) is 0 Å². The molecule has 1 rings (SSSR count). The lowest BCUT2D eigenvalue weighted by Gasteiger charge is -2.40. The lowest BCUT2D eigenvalue weighted by atomic mass is 9.99. The topological polar surface area (TPSA) is 149 Å². The van der Waals surface area contributed by atoms with Crippen LogP contribution in [0.4, 0.5) is 0 Å². The van der Waals surface area contributed by atoms with Crippen molar-refractivity contribution in [3.8, 4) is 0 Å². The number of hydrogen-bond donors (Lipinski definition) is 6. The van der Waals surface area contributed by atoms with Gasteiger partial charge in [0.15, 0.2) is 6.29 Å². The molecule has 0 spiro atoms. The summed E-state index contributed by atoms with van der Waals surface area (Å²) in [5.74, 6) is -0.180. The molecule has 1 amide bonds. The van der Waals surface area contributed by atoms with Crippen LogP contribution in [0.15, 0.2) is 72.9 Å². The van der Waals surface area contributed by atoms with Gasteiger partial charge in [-0.15, -0.1) is 0 Å². The van der Waals surface area contributed by atoms with Crippen LogP contribution in [0.1, 0.15) is 373 Å². The molecule has 1 heterocycles. The van der Waals surface area contributed by atoms with E-state index in [4.69, 9.17) is 9.47 Å². The van der Waals surface area contributed by atoms with E-state index in [1.54, 1.807) is 6.08 Å². The van der Waals surface area contributed by atoms with E-state index in [1.165, 1.54) is 289 Å². The predicted molar refractivity (Wildman–Crippen MR) is 382 cm³/mol. The van der Waals surface area contributed by atoms with Crippen molar-refractivity contribution in [3.05, 3.63) is 72.9 Å². The third kappa shape index (κ3) is 56.9. The molecule has 7 unspecified atom stereocenters. The lowest BCUT2D eigenvalue weighted by molar-refractivity contribution is -0.302. The molecule has 0 radical (unpaired) electrons. The summed E-state index contributed by atoms with van der Waals surface area (Å²) in [4.78, 5) is 13.2. The summed E-state index contributed by atoms with van der Waals surface area (Å²) in [6.07, 6.45) is 90.5. The Morgan fingerprint density at radius 2 is 0.708 bits per heavy atom. The minimum atomic E-state index is -1.57. The molecular formula is C80H147NO8. The summed E-state index contributed by atoms with van der Waals surface area (Å²) in [6, 6.07) is -0.824. The second kappa shape index (κ2) is 68.5. The number of amides is 1. The van der Waals surface area contributed by atoms with Gasteiger partial charge in [0.25, 0.3) is 0 Å². The lowest BCUT2D eigenvalue weighted by Crippen LogP contribution is -2.60. The molecule has 0 aliphatic carbocycles. The highest BCUT2D eigenvalue weighted by atomic mass is 16.7. The standard InChI is InChI=1S/C80H147NO8/c1-3-5-7-9-11-13-15-17-19-21-23-25-27-29-31-33-34-35-36-37-38-39-40-42-44-46-48-50-52-54-56-58-60-62-64-66-68-70-76(84)81-73(72-88-80-79(87)78(86)77(85)75(71-82)89-80)74(83)69-67-65-63-61-59-57-55-53-51-49-47-45-43-41-32-30-28-26-24-22-20-18-16-14-12-10-8-6-4-2/h5,7,11,13,17,19,23,25,59,61,67,69,73-75,77-80,82-83,85-87H,3-4,6,8-10,12,14-16,18,20-22,24,26-58,60,62-66,68,70-72H2,1-2H3,(H,81,84)/b7-5-,13-11-,19-17-,25-23-,61-59+,69-67+. The zero-order valence-corrected chi connectivity index (χ0v) is 58.4. The summed E-state index contributed by atoms with van der Waals surface area (Å²) in [7, 11) is 0. The monoisotopic (exact) mass is 1250 g/mol. The van der Waals surface area contributed by atoms with Crippen molar-refractivity contribution in [2.45, 2.75) is 416 Å². The number of unbranched alkanes of at least 4 members (excludes halogenated alkanes) is 48. The summed E-state index contributed by atoms with van der Waals surface area (Å²) in [5.41, 5.74) is 0. The molecule has 89 heavy (non-hydrogen) atoms. The molecule has 0 aromatic carbocycles. The van der Waals surface area contributed by atoms with Crippen LogP contribution in [-0.2, 0) is 14.3 Å². The normalized spacial score (nSPS) is 18.2. The Morgan fingerprint density at radius 3 is 1.08 bits per heavy atom. The van der Waals surface area contributed by atoms with Gasteiger partial charge in [0.2, 0.25) is 5.91 Å². The molecule has 1 aliphatic rings. The first-order valence-electron chi connectivity index (χ1n) is 38.7. The quantitative estimate of drug-likeness (QED) is 0.0261. The van der Waals surface area contributed by atoms with Crippen molar-refractivity contribution >= 4 is 5.91 Å². The van der Waals surface area contributed by atoms with Crippen LogP contribution < -0.4 is 5.32 Å².